The third-order valence-electron chi connectivity index (χ3n) is 4.37. The van der Waals surface area contributed by atoms with E-state index in [1.807, 2.05) is 32.3 Å². The molecule has 130 valence electrons. The fraction of sp³-hybridized carbons (Fsp3) is 0.421. The van der Waals surface area contributed by atoms with Crippen molar-refractivity contribution in [1.82, 2.24) is 9.88 Å². The van der Waals surface area contributed by atoms with Gasteiger partial charge in [0.2, 0.25) is 0 Å². The van der Waals surface area contributed by atoms with E-state index in [1.54, 1.807) is 0 Å². The largest absolute Gasteiger partial charge is 0.351 e. The van der Waals surface area contributed by atoms with E-state index in [-0.39, 0.29) is 12.5 Å². The summed E-state index contributed by atoms with van der Waals surface area (Å²) in [6.45, 7) is 8.67. The highest BCUT2D eigenvalue weighted by Crippen LogP contribution is 2.25. The Kier molecular flexibility index (Phi) is 5.75. The Bertz CT molecular complexity index is 750. The first-order chi connectivity index (χ1) is 11.4. The Labute approximate surface area is 141 Å². The van der Waals surface area contributed by atoms with Gasteiger partial charge in [0.15, 0.2) is 0 Å². The summed E-state index contributed by atoms with van der Waals surface area (Å²) in [5, 5.41) is 2.89. The van der Waals surface area contributed by atoms with Crippen LogP contribution in [0.3, 0.4) is 0 Å². The molecule has 0 fully saturated rings. The summed E-state index contributed by atoms with van der Waals surface area (Å²) in [5.74, 6) is -1.36. The van der Waals surface area contributed by atoms with Crippen molar-refractivity contribution < 1.29 is 13.6 Å². The van der Waals surface area contributed by atoms with Crippen LogP contribution in [0.25, 0.3) is 0 Å². The number of aromatic nitrogens is 1. The first-order valence-electron chi connectivity index (χ1n) is 8.31. The molecule has 1 aromatic heterocycles. The summed E-state index contributed by atoms with van der Waals surface area (Å²) in [6, 6.07) is 3.54. The van der Waals surface area contributed by atoms with Gasteiger partial charge in [-0.25, -0.2) is 8.78 Å². The number of carbonyl (C=O) groups excluding carboxylic acids is 1. The minimum Gasteiger partial charge on any atom is -0.351 e. The Morgan fingerprint density at radius 3 is 2.50 bits per heavy atom. The topological polar surface area (TPSA) is 34.0 Å². The average Bonchev–Trinajstić information content (AvgIpc) is 2.77. The van der Waals surface area contributed by atoms with E-state index in [0.717, 1.165) is 35.7 Å². The maximum absolute atomic E-state index is 14.0. The van der Waals surface area contributed by atoms with Gasteiger partial charge in [0.05, 0.1) is 6.54 Å². The zero-order chi connectivity index (χ0) is 17.9. The van der Waals surface area contributed by atoms with Gasteiger partial charge in [-0.2, -0.15) is 0 Å². The lowest BCUT2D eigenvalue weighted by molar-refractivity contribution is 0.0944. The van der Waals surface area contributed by atoms with Crippen LogP contribution in [0, 0.1) is 25.5 Å². The Balaban J connectivity index is 2.49. The van der Waals surface area contributed by atoms with Gasteiger partial charge >= 0.3 is 0 Å². The zero-order valence-corrected chi connectivity index (χ0v) is 14.7. The smallest absolute Gasteiger partial charge is 0.268 e. The van der Waals surface area contributed by atoms with Crippen LogP contribution in [-0.4, -0.2) is 17.0 Å². The van der Waals surface area contributed by atoms with Gasteiger partial charge in [-0.1, -0.05) is 19.9 Å². The van der Waals surface area contributed by atoms with Crippen LogP contribution >= 0.6 is 0 Å². The van der Waals surface area contributed by atoms with Crippen LogP contribution in [-0.2, 0) is 13.0 Å². The summed E-state index contributed by atoms with van der Waals surface area (Å²) >= 11 is 0. The van der Waals surface area contributed by atoms with Gasteiger partial charge in [0.1, 0.15) is 17.3 Å². The van der Waals surface area contributed by atoms with Crippen LogP contribution in [0.15, 0.2) is 18.2 Å². The standard InChI is InChI=1S/C19H24F2N2O/c1-5-9-22-19(24)18-12(3)16(6-2)13(4)23(18)11-14-7-8-15(20)10-17(14)21/h7-8,10H,5-6,9,11H2,1-4H3,(H,22,24). The van der Waals surface area contributed by atoms with E-state index in [1.165, 1.54) is 12.1 Å². The van der Waals surface area contributed by atoms with Crippen molar-refractivity contribution in [2.24, 2.45) is 0 Å². The van der Waals surface area contributed by atoms with E-state index >= 15 is 0 Å². The van der Waals surface area contributed by atoms with Crippen LogP contribution < -0.4 is 5.32 Å². The molecular formula is C19H24F2N2O. The molecule has 0 spiro atoms. The fourth-order valence-electron chi connectivity index (χ4n) is 3.10. The van der Waals surface area contributed by atoms with E-state index in [9.17, 15) is 13.6 Å². The molecule has 2 aromatic rings. The van der Waals surface area contributed by atoms with Crippen molar-refractivity contribution in [2.45, 2.75) is 47.1 Å². The van der Waals surface area contributed by atoms with Gasteiger partial charge in [0.25, 0.3) is 5.91 Å². The second-order valence-corrected chi connectivity index (χ2v) is 5.97. The predicted octanol–water partition coefficient (Wildman–Crippen LogP) is 4.13. The predicted molar refractivity (Wildman–Crippen MR) is 91.4 cm³/mol. The molecule has 1 heterocycles. The zero-order valence-electron chi connectivity index (χ0n) is 14.7. The fourth-order valence-corrected chi connectivity index (χ4v) is 3.10. The second-order valence-electron chi connectivity index (χ2n) is 5.97. The summed E-state index contributed by atoms with van der Waals surface area (Å²) in [4.78, 5) is 12.6. The van der Waals surface area contributed by atoms with Crippen molar-refractivity contribution in [2.75, 3.05) is 6.54 Å². The molecule has 2 rings (SSSR count). The molecule has 0 saturated carbocycles. The second kappa shape index (κ2) is 7.60. The number of carbonyl (C=O) groups is 1. The van der Waals surface area contributed by atoms with Crippen molar-refractivity contribution in [3.05, 3.63) is 57.9 Å². The molecule has 0 radical (unpaired) electrons. The molecule has 0 unspecified atom stereocenters. The van der Waals surface area contributed by atoms with Crippen molar-refractivity contribution in [3.8, 4) is 0 Å². The van der Waals surface area contributed by atoms with E-state index in [2.05, 4.69) is 5.32 Å². The Hall–Kier alpha value is -2.17. The average molecular weight is 334 g/mol. The Morgan fingerprint density at radius 1 is 1.21 bits per heavy atom. The molecule has 0 atom stereocenters. The Morgan fingerprint density at radius 2 is 1.92 bits per heavy atom. The van der Waals surface area contributed by atoms with Crippen molar-refractivity contribution in [3.63, 3.8) is 0 Å². The molecule has 24 heavy (non-hydrogen) atoms. The molecular weight excluding hydrogens is 310 g/mol. The monoisotopic (exact) mass is 334 g/mol. The highest BCUT2D eigenvalue weighted by molar-refractivity contribution is 5.95. The first-order valence-corrected chi connectivity index (χ1v) is 8.31. The third-order valence-corrected chi connectivity index (χ3v) is 4.37. The van der Waals surface area contributed by atoms with E-state index in [4.69, 9.17) is 0 Å². The number of rotatable bonds is 6. The molecule has 1 aromatic carbocycles. The SMILES string of the molecule is CCCNC(=O)c1c(C)c(CC)c(C)n1Cc1ccc(F)cc1F. The molecule has 0 saturated heterocycles. The van der Waals surface area contributed by atoms with Gasteiger partial charge in [-0.15, -0.1) is 0 Å². The summed E-state index contributed by atoms with van der Waals surface area (Å²) in [6.07, 6.45) is 1.64. The summed E-state index contributed by atoms with van der Waals surface area (Å²) in [7, 11) is 0. The van der Waals surface area contributed by atoms with E-state index < -0.39 is 11.6 Å². The van der Waals surface area contributed by atoms with Gasteiger partial charge in [0, 0.05) is 23.9 Å². The van der Waals surface area contributed by atoms with Gasteiger partial charge in [-0.3, -0.25) is 4.79 Å². The highest BCUT2D eigenvalue weighted by Gasteiger charge is 2.22. The number of amides is 1. The maximum atomic E-state index is 14.0. The lowest BCUT2D eigenvalue weighted by Crippen LogP contribution is -2.27. The van der Waals surface area contributed by atoms with E-state index in [0.29, 0.717) is 17.8 Å². The number of hydrogen-bond donors (Lipinski definition) is 1. The molecule has 1 N–H and O–H groups in total. The van der Waals surface area contributed by atoms with Crippen LogP contribution in [0.1, 0.15) is 53.1 Å². The van der Waals surface area contributed by atoms with Crippen LogP contribution in [0.4, 0.5) is 8.78 Å². The normalized spacial score (nSPS) is 10.9. The van der Waals surface area contributed by atoms with Gasteiger partial charge < -0.3 is 9.88 Å². The molecule has 0 aliphatic heterocycles. The maximum Gasteiger partial charge on any atom is 0.268 e. The van der Waals surface area contributed by atoms with Crippen molar-refractivity contribution in [1.29, 1.82) is 0 Å². The molecule has 5 heteroatoms. The summed E-state index contributed by atoms with van der Waals surface area (Å²) < 4.78 is 29.0. The van der Waals surface area contributed by atoms with Crippen molar-refractivity contribution >= 4 is 5.91 Å². The molecule has 3 nitrogen and oxygen atoms in total. The minimum atomic E-state index is -0.605. The van der Waals surface area contributed by atoms with Gasteiger partial charge in [-0.05, 0) is 43.9 Å². The number of nitrogens with one attached hydrogen (secondary N) is 1. The molecule has 1 amide bonds. The molecule has 0 bridgehead atoms. The summed E-state index contributed by atoms with van der Waals surface area (Å²) in [5.41, 5.74) is 3.88. The lowest BCUT2D eigenvalue weighted by Gasteiger charge is -2.13. The number of nitrogens with zero attached hydrogens (tertiary/aromatic N) is 1. The first kappa shape index (κ1) is 18.2. The van der Waals surface area contributed by atoms with Crippen LogP contribution in [0.2, 0.25) is 0 Å². The molecule has 0 aliphatic carbocycles. The highest BCUT2D eigenvalue weighted by atomic mass is 19.1. The van der Waals surface area contributed by atoms with Crippen LogP contribution in [0.5, 0.6) is 0 Å². The third kappa shape index (κ3) is 3.50. The quantitative estimate of drug-likeness (QED) is 0.847. The molecule has 0 aliphatic rings. The number of hydrogen-bond acceptors (Lipinski definition) is 1. The lowest BCUT2D eigenvalue weighted by atomic mass is 10.1. The number of halogens is 2. The number of benzene rings is 1. The minimum absolute atomic E-state index is 0.153.